The lowest BCUT2D eigenvalue weighted by Gasteiger charge is -2.26. The third kappa shape index (κ3) is 5.89. The van der Waals surface area contributed by atoms with Crippen LogP contribution in [0.15, 0.2) is 81.2 Å². The monoisotopic (exact) mass is 611 g/mol. The lowest BCUT2D eigenvalue weighted by Crippen LogP contribution is -2.54. The maximum atomic E-state index is 13.0. The predicted molar refractivity (Wildman–Crippen MR) is 143 cm³/mol. The highest BCUT2D eigenvalue weighted by Crippen LogP contribution is 2.28. The number of barbiturate groups is 1. The van der Waals surface area contributed by atoms with Crippen LogP contribution in [0.2, 0.25) is 0 Å². The van der Waals surface area contributed by atoms with Gasteiger partial charge in [-0.3, -0.25) is 19.7 Å². The summed E-state index contributed by atoms with van der Waals surface area (Å²) in [6, 6.07) is 18.0. The number of nitrogens with one attached hydrogen (secondary N) is 2. The van der Waals surface area contributed by atoms with Crippen LogP contribution in [0, 0.1) is 6.92 Å². The molecule has 0 saturated carbocycles. The number of imide groups is 2. The first kappa shape index (κ1) is 25.3. The van der Waals surface area contributed by atoms with Gasteiger partial charge >= 0.3 is 6.03 Å². The van der Waals surface area contributed by atoms with Crippen molar-refractivity contribution >= 4 is 73.1 Å². The van der Waals surface area contributed by atoms with E-state index in [0.29, 0.717) is 27.2 Å². The standard InChI is InChI=1S/C26H19Br2N3O5/c1-15-3-2-4-18(11-15)29-23(32)14-36-22-10-5-16(13-21(22)28)12-20-24(33)30-26(35)31(25(20)34)19-8-6-17(27)7-9-19/h2-13H,14H2,1H3,(H,29,32)(H,30,33,35)/b20-12+. The lowest BCUT2D eigenvalue weighted by atomic mass is 10.1. The molecule has 10 heteroatoms. The quantitative estimate of drug-likeness (QED) is 0.294. The minimum Gasteiger partial charge on any atom is -0.483 e. The number of carbonyl (C=O) groups is 4. The number of hydrogen-bond donors (Lipinski definition) is 2. The van der Waals surface area contributed by atoms with E-state index in [1.807, 2.05) is 25.1 Å². The lowest BCUT2D eigenvalue weighted by molar-refractivity contribution is -0.122. The Balaban J connectivity index is 1.47. The third-order valence-electron chi connectivity index (χ3n) is 5.11. The molecule has 3 aromatic carbocycles. The molecule has 2 N–H and O–H groups in total. The Morgan fingerprint density at radius 3 is 2.47 bits per heavy atom. The third-order valence-corrected chi connectivity index (χ3v) is 6.26. The largest absolute Gasteiger partial charge is 0.483 e. The molecule has 1 heterocycles. The maximum Gasteiger partial charge on any atom is 0.335 e. The number of nitrogens with zero attached hydrogens (tertiary/aromatic N) is 1. The van der Waals surface area contributed by atoms with Crippen LogP contribution < -0.4 is 20.3 Å². The van der Waals surface area contributed by atoms with Crippen molar-refractivity contribution in [3.8, 4) is 5.75 Å². The second-order valence-electron chi connectivity index (χ2n) is 7.83. The summed E-state index contributed by atoms with van der Waals surface area (Å²) in [4.78, 5) is 50.9. The second-order valence-corrected chi connectivity index (χ2v) is 9.60. The smallest absolute Gasteiger partial charge is 0.335 e. The van der Waals surface area contributed by atoms with Crippen molar-refractivity contribution in [3.05, 3.63) is 92.4 Å². The molecule has 0 unspecified atom stereocenters. The van der Waals surface area contributed by atoms with Gasteiger partial charge in [0.15, 0.2) is 6.61 Å². The van der Waals surface area contributed by atoms with Gasteiger partial charge in [0.2, 0.25) is 0 Å². The van der Waals surface area contributed by atoms with Gasteiger partial charge < -0.3 is 10.1 Å². The topological polar surface area (TPSA) is 105 Å². The molecule has 3 aromatic rings. The highest BCUT2D eigenvalue weighted by molar-refractivity contribution is 9.10. The van der Waals surface area contributed by atoms with Gasteiger partial charge in [0.05, 0.1) is 10.2 Å². The van der Waals surface area contributed by atoms with E-state index in [2.05, 4.69) is 42.5 Å². The van der Waals surface area contributed by atoms with Crippen molar-refractivity contribution in [1.29, 1.82) is 0 Å². The van der Waals surface area contributed by atoms with Gasteiger partial charge in [-0.25, -0.2) is 9.69 Å². The number of hydrogen-bond acceptors (Lipinski definition) is 5. The minimum absolute atomic E-state index is 0.199. The van der Waals surface area contributed by atoms with Crippen molar-refractivity contribution in [2.24, 2.45) is 0 Å². The fraction of sp³-hybridized carbons (Fsp3) is 0.0769. The Labute approximate surface area is 223 Å². The predicted octanol–water partition coefficient (Wildman–Crippen LogP) is 5.20. The summed E-state index contributed by atoms with van der Waals surface area (Å²) in [7, 11) is 0. The first-order valence-electron chi connectivity index (χ1n) is 10.7. The van der Waals surface area contributed by atoms with E-state index in [1.54, 1.807) is 48.5 Å². The molecule has 0 bridgehead atoms. The number of carbonyl (C=O) groups excluding carboxylic acids is 4. The normalized spacial score (nSPS) is 14.6. The summed E-state index contributed by atoms with van der Waals surface area (Å²) in [5.74, 6) is -1.44. The van der Waals surface area contributed by atoms with Crippen LogP contribution in [0.5, 0.6) is 5.75 Å². The van der Waals surface area contributed by atoms with Gasteiger partial charge in [0.1, 0.15) is 11.3 Å². The summed E-state index contributed by atoms with van der Waals surface area (Å²) in [5.41, 5.74) is 2.34. The zero-order valence-electron chi connectivity index (χ0n) is 18.9. The molecule has 0 aromatic heterocycles. The van der Waals surface area contributed by atoms with Crippen LogP contribution in [0.1, 0.15) is 11.1 Å². The van der Waals surface area contributed by atoms with E-state index >= 15 is 0 Å². The highest BCUT2D eigenvalue weighted by Gasteiger charge is 2.36. The molecule has 36 heavy (non-hydrogen) atoms. The van der Waals surface area contributed by atoms with E-state index in [0.717, 1.165) is 14.9 Å². The highest BCUT2D eigenvalue weighted by atomic mass is 79.9. The second kappa shape index (κ2) is 10.9. The number of urea groups is 1. The van der Waals surface area contributed by atoms with E-state index < -0.39 is 17.8 Å². The first-order valence-corrected chi connectivity index (χ1v) is 12.3. The first-order chi connectivity index (χ1) is 17.2. The minimum atomic E-state index is -0.821. The molecule has 1 fully saturated rings. The molecule has 0 spiro atoms. The van der Waals surface area contributed by atoms with Crippen molar-refractivity contribution in [2.75, 3.05) is 16.8 Å². The van der Waals surface area contributed by atoms with E-state index in [9.17, 15) is 19.2 Å². The number of aryl methyl sites for hydroxylation is 1. The Bertz CT molecular complexity index is 1400. The van der Waals surface area contributed by atoms with Crippen LogP contribution in [0.25, 0.3) is 6.08 Å². The summed E-state index contributed by atoms with van der Waals surface area (Å²) in [6.07, 6.45) is 1.38. The van der Waals surface area contributed by atoms with Crippen molar-refractivity contribution < 1.29 is 23.9 Å². The number of halogens is 2. The van der Waals surface area contributed by atoms with Gasteiger partial charge in [0, 0.05) is 10.2 Å². The zero-order valence-corrected chi connectivity index (χ0v) is 22.1. The molecule has 1 aliphatic heterocycles. The Kier molecular flexibility index (Phi) is 7.66. The number of benzene rings is 3. The van der Waals surface area contributed by atoms with Gasteiger partial charge in [-0.1, -0.05) is 34.1 Å². The van der Waals surface area contributed by atoms with Crippen LogP contribution in [-0.2, 0) is 14.4 Å². The molecule has 0 atom stereocenters. The van der Waals surface area contributed by atoms with Crippen LogP contribution >= 0.6 is 31.9 Å². The van der Waals surface area contributed by atoms with E-state index in [4.69, 9.17) is 4.74 Å². The van der Waals surface area contributed by atoms with Gasteiger partial charge in [-0.15, -0.1) is 0 Å². The summed E-state index contributed by atoms with van der Waals surface area (Å²) >= 11 is 6.70. The summed E-state index contributed by atoms with van der Waals surface area (Å²) in [6.45, 7) is 1.72. The fourth-order valence-electron chi connectivity index (χ4n) is 3.44. The zero-order chi connectivity index (χ0) is 25.8. The van der Waals surface area contributed by atoms with Crippen LogP contribution in [0.4, 0.5) is 16.2 Å². The summed E-state index contributed by atoms with van der Waals surface area (Å²) in [5, 5.41) is 4.96. The molecule has 4 rings (SSSR count). The Morgan fingerprint density at radius 1 is 1.03 bits per heavy atom. The molecule has 0 aliphatic carbocycles. The molecular weight excluding hydrogens is 594 g/mol. The van der Waals surface area contributed by atoms with Crippen LogP contribution in [0.3, 0.4) is 0 Å². The Hall–Kier alpha value is -3.76. The average Bonchev–Trinajstić information content (AvgIpc) is 2.82. The average molecular weight is 613 g/mol. The van der Waals surface area contributed by atoms with Crippen LogP contribution in [-0.4, -0.2) is 30.4 Å². The van der Waals surface area contributed by atoms with Crippen molar-refractivity contribution in [2.45, 2.75) is 6.92 Å². The molecule has 0 radical (unpaired) electrons. The number of rotatable bonds is 6. The molecule has 1 aliphatic rings. The number of amides is 5. The van der Waals surface area contributed by atoms with Gasteiger partial charge in [0.25, 0.3) is 17.7 Å². The molecular formula is C26H19Br2N3O5. The van der Waals surface area contributed by atoms with Gasteiger partial charge in [-0.05, 0) is 88.6 Å². The molecule has 182 valence electrons. The Morgan fingerprint density at radius 2 is 1.78 bits per heavy atom. The summed E-state index contributed by atoms with van der Waals surface area (Å²) < 4.78 is 6.90. The molecule has 8 nitrogen and oxygen atoms in total. The van der Waals surface area contributed by atoms with Crippen molar-refractivity contribution in [3.63, 3.8) is 0 Å². The molecule has 5 amide bonds. The van der Waals surface area contributed by atoms with Crippen molar-refractivity contribution in [1.82, 2.24) is 5.32 Å². The SMILES string of the molecule is Cc1cccc(NC(=O)COc2ccc(/C=C3\C(=O)NC(=O)N(c4ccc(Br)cc4)C3=O)cc2Br)c1. The van der Waals surface area contributed by atoms with Gasteiger partial charge in [-0.2, -0.15) is 0 Å². The molecule has 1 saturated heterocycles. The fourth-order valence-corrected chi connectivity index (χ4v) is 4.21. The van der Waals surface area contributed by atoms with E-state index in [-0.39, 0.29) is 18.1 Å². The maximum absolute atomic E-state index is 13.0. The number of ether oxygens (including phenoxy) is 1. The number of anilines is 2. The van der Waals surface area contributed by atoms with E-state index in [1.165, 1.54) is 6.08 Å².